The van der Waals surface area contributed by atoms with Gasteiger partial charge in [0.05, 0.1) is 15.1 Å². The highest BCUT2D eigenvalue weighted by Crippen LogP contribution is 2.33. The third-order valence-corrected chi connectivity index (χ3v) is 2.45. The Balaban J connectivity index is 2.72. The van der Waals surface area contributed by atoms with Gasteiger partial charge >= 0.3 is 0 Å². The maximum Gasteiger partial charge on any atom is 0.139 e. The van der Waals surface area contributed by atoms with Crippen molar-refractivity contribution in [2.75, 3.05) is 13.2 Å². The van der Waals surface area contributed by atoms with Crippen molar-refractivity contribution < 1.29 is 9.57 Å². The van der Waals surface area contributed by atoms with Gasteiger partial charge in [-0.1, -0.05) is 34.8 Å². The summed E-state index contributed by atoms with van der Waals surface area (Å²) in [5.74, 6) is 5.28. The second-order valence-electron chi connectivity index (χ2n) is 2.42. The first-order chi connectivity index (χ1) is 6.65. The molecule has 0 atom stereocenters. The van der Waals surface area contributed by atoms with E-state index in [9.17, 15) is 0 Å². The summed E-state index contributed by atoms with van der Waals surface area (Å²) in [5.41, 5.74) is 0. The molecule has 0 spiro atoms. The van der Waals surface area contributed by atoms with Crippen LogP contribution in [0.2, 0.25) is 15.1 Å². The van der Waals surface area contributed by atoms with Crippen LogP contribution < -0.4 is 10.6 Å². The lowest BCUT2D eigenvalue weighted by Crippen LogP contribution is -2.10. The third kappa shape index (κ3) is 3.19. The molecule has 0 heterocycles. The van der Waals surface area contributed by atoms with E-state index in [0.29, 0.717) is 27.4 Å². The van der Waals surface area contributed by atoms with E-state index in [-0.39, 0.29) is 6.61 Å². The predicted octanol–water partition coefficient (Wildman–Crippen LogP) is 2.92. The van der Waals surface area contributed by atoms with Crippen LogP contribution in [-0.4, -0.2) is 13.2 Å². The quantitative estimate of drug-likeness (QED) is 0.512. The van der Waals surface area contributed by atoms with Crippen molar-refractivity contribution in [2.24, 2.45) is 5.90 Å². The average molecular weight is 257 g/mol. The van der Waals surface area contributed by atoms with Crippen molar-refractivity contribution in [3.8, 4) is 5.75 Å². The van der Waals surface area contributed by atoms with E-state index >= 15 is 0 Å². The zero-order chi connectivity index (χ0) is 10.6. The molecular formula is C8H8Cl3NO2. The topological polar surface area (TPSA) is 44.5 Å². The van der Waals surface area contributed by atoms with Crippen LogP contribution in [0.15, 0.2) is 12.1 Å². The van der Waals surface area contributed by atoms with E-state index in [4.69, 9.17) is 45.4 Å². The fourth-order valence-corrected chi connectivity index (χ4v) is 1.41. The Morgan fingerprint density at radius 2 is 1.64 bits per heavy atom. The molecule has 0 aliphatic heterocycles. The smallest absolute Gasteiger partial charge is 0.139 e. The SMILES string of the molecule is NOCCOc1cc(Cl)c(Cl)cc1Cl. The van der Waals surface area contributed by atoms with Gasteiger partial charge in [-0.3, -0.25) is 0 Å². The zero-order valence-corrected chi connectivity index (χ0v) is 9.36. The van der Waals surface area contributed by atoms with Crippen LogP contribution in [0.25, 0.3) is 0 Å². The second-order valence-corrected chi connectivity index (χ2v) is 3.64. The molecule has 78 valence electrons. The summed E-state index contributed by atoms with van der Waals surface area (Å²) < 4.78 is 5.23. The van der Waals surface area contributed by atoms with E-state index in [1.165, 1.54) is 6.07 Å². The summed E-state index contributed by atoms with van der Waals surface area (Å²) in [4.78, 5) is 4.33. The predicted molar refractivity (Wildman–Crippen MR) is 57.1 cm³/mol. The maximum atomic E-state index is 5.84. The molecule has 0 amide bonds. The monoisotopic (exact) mass is 255 g/mol. The molecule has 1 aromatic rings. The minimum atomic E-state index is 0.274. The van der Waals surface area contributed by atoms with Crippen molar-refractivity contribution in [3.05, 3.63) is 27.2 Å². The van der Waals surface area contributed by atoms with E-state index < -0.39 is 0 Å². The number of ether oxygens (including phenoxy) is 1. The Bertz CT molecular complexity index is 320. The van der Waals surface area contributed by atoms with Crippen molar-refractivity contribution >= 4 is 34.8 Å². The molecule has 0 unspecified atom stereocenters. The Morgan fingerprint density at radius 1 is 1.00 bits per heavy atom. The van der Waals surface area contributed by atoms with Crippen LogP contribution in [0, 0.1) is 0 Å². The number of hydrogen-bond acceptors (Lipinski definition) is 3. The fraction of sp³-hybridized carbons (Fsp3) is 0.250. The number of rotatable bonds is 4. The molecule has 0 fully saturated rings. The van der Waals surface area contributed by atoms with Crippen molar-refractivity contribution in [3.63, 3.8) is 0 Å². The van der Waals surface area contributed by atoms with Crippen molar-refractivity contribution in [1.82, 2.24) is 0 Å². The summed E-state index contributed by atoms with van der Waals surface area (Å²) in [7, 11) is 0. The third-order valence-electron chi connectivity index (χ3n) is 1.43. The first-order valence-electron chi connectivity index (χ1n) is 3.74. The molecule has 1 aromatic carbocycles. The molecule has 0 saturated carbocycles. The summed E-state index contributed by atoms with van der Waals surface area (Å²) in [6, 6.07) is 3.06. The molecule has 0 aliphatic rings. The summed E-state index contributed by atoms with van der Waals surface area (Å²) in [5, 5.41) is 1.18. The van der Waals surface area contributed by atoms with Gasteiger partial charge in [-0.15, -0.1) is 0 Å². The van der Waals surface area contributed by atoms with Gasteiger partial charge in [-0.05, 0) is 6.07 Å². The van der Waals surface area contributed by atoms with Gasteiger partial charge in [0.1, 0.15) is 19.0 Å². The highest BCUT2D eigenvalue weighted by atomic mass is 35.5. The minimum absolute atomic E-state index is 0.274. The van der Waals surface area contributed by atoms with E-state index in [0.717, 1.165) is 0 Å². The maximum absolute atomic E-state index is 5.84. The molecule has 0 saturated heterocycles. The molecule has 1 rings (SSSR count). The molecule has 3 nitrogen and oxygen atoms in total. The average Bonchev–Trinajstić information content (AvgIpc) is 2.14. The molecular weight excluding hydrogens is 248 g/mol. The lowest BCUT2D eigenvalue weighted by Gasteiger charge is -2.08. The Labute approximate surface area is 96.6 Å². The van der Waals surface area contributed by atoms with Gasteiger partial charge in [0.2, 0.25) is 0 Å². The van der Waals surface area contributed by atoms with Crippen LogP contribution in [-0.2, 0) is 4.84 Å². The molecule has 0 radical (unpaired) electrons. The molecule has 0 aliphatic carbocycles. The number of hydrogen-bond donors (Lipinski definition) is 1. The second kappa shape index (κ2) is 5.63. The van der Waals surface area contributed by atoms with Gasteiger partial charge in [0.15, 0.2) is 0 Å². The number of halogens is 3. The fourth-order valence-electron chi connectivity index (χ4n) is 0.815. The van der Waals surface area contributed by atoms with Crippen LogP contribution in [0.1, 0.15) is 0 Å². The lowest BCUT2D eigenvalue weighted by atomic mass is 10.3. The van der Waals surface area contributed by atoms with Crippen LogP contribution in [0.4, 0.5) is 0 Å². The van der Waals surface area contributed by atoms with Gasteiger partial charge in [0, 0.05) is 6.07 Å². The summed E-state index contributed by atoms with van der Waals surface area (Å²) >= 11 is 17.3. The highest BCUT2D eigenvalue weighted by Gasteiger charge is 2.06. The summed E-state index contributed by atoms with van der Waals surface area (Å²) in [6.45, 7) is 0.574. The van der Waals surface area contributed by atoms with Crippen molar-refractivity contribution in [2.45, 2.75) is 0 Å². The van der Waals surface area contributed by atoms with E-state index in [1.54, 1.807) is 6.07 Å². The number of nitrogens with two attached hydrogens (primary N) is 1. The Morgan fingerprint density at radius 3 is 2.29 bits per heavy atom. The molecule has 14 heavy (non-hydrogen) atoms. The lowest BCUT2D eigenvalue weighted by molar-refractivity contribution is 0.102. The van der Waals surface area contributed by atoms with Gasteiger partial charge < -0.3 is 9.57 Å². The van der Waals surface area contributed by atoms with Gasteiger partial charge in [0.25, 0.3) is 0 Å². The van der Waals surface area contributed by atoms with Gasteiger partial charge in [-0.25, -0.2) is 5.90 Å². The Kier molecular flexibility index (Phi) is 4.78. The molecule has 0 bridgehead atoms. The largest absolute Gasteiger partial charge is 0.489 e. The van der Waals surface area contributed by atoms with Gasteiger partial charge in [-0.2, -0.15) is 0 Å². The number of benzene rings is 1. The standard InChI is InChI=1S/C8H8Cl3NO2/c9-5-3-7(11)8(4-6(5)10)13-1-2-14-12/h3-4H,1-2,12H2. The first-order valence-corrected chi connectivity index (χ1v) is 4.87. The van der Waals surface area contributed by atoms with E-state index in [2.05, 4.69) is 4.84 Å². The minimum Gasteiger partial charge on any atom is -0.489 e. The van der Waals surface area contributed by atoms with Crippen molar-refractivity contribution in [1.29, 1.82) is 0 Å². The summed E-state index contributed by atoms with van der Waals surface area (Å²) in [6.07, 6.45) is 0. The molecule has 0 aromatic heterocycles. The van der Waals surface area contributed by atoms with Crippen LogP contribution in [0.5, 0.6) is 5.75 Å². The Hall–Kier alpha value is -0.190. The van der Waals surface area contributed by atoms with Crippen LogP contribution in [0.3, 0.4) is 0 Å². The first kappa shape index (κ1) is 11.9. The molecule has 2 N–H and O–H groups in total. The highest BCUT2D eigenvalue weighted by molar-refractivity contribution is 6.43. The zero-order valence-electron chi connectivity index (χ0n) is 7.10. The van der Waals surface area contributed by atoms with Crippen LogP contribution >= 0.6 is 34.8 Å². The molecule has 6 heteroatoms. The van der Waals surface area contributed by atoms with E-state index in [1.807, 2.05) is 0 Å². The normalized spacial score (nSPS) is 10.3.